The van der Waals surface area contributed by atoms with Crippen molar-refractivity contribution in [2.45, 2.75) is 20.5 Å². The van der Waals surface area contributed by atoms with Gasteiger partial charge in [-0.2, -0.15) is 4.98 Å². The molecular weight excluding hydrogens is 380 g/mol. The van der Waals surface area contributed by atoms with E-state index in [0.29, 0.717) is 12.5 Å². The van der Waals surface area contributed by atoms with Crippen molar-refractivity contribution >= 4 is 23.3 Å². The Kier molecular flexibility index (Phi) is 6.54. The number of ether oxygens (including phenoxy) is 1. The van der Waals surface area contributed by atoms with Gasteiger partial charge in [-0.15, -0.1) is 0 Å². The van der Waals surface area contributed by atoms with E-state index in [9.17, 15) is 0 Å². The fourth-order valence-corrected chi connectivity index (χ4v) is 3.31. The van der Waals surface area contributed by atoms with Crippen molar-refractivity contribution in [2.75, 3.05) is 5.73 Å². The van der Waals surface area contributed by atoms with E-state index in [0.717, 1.165) is 33.4 Å². The summed E-state index contributed by atoms with van der Waals surface area (Å²) < 4.78 is 5.93. The van der Waals surface area contributed by atoms with Crippen molar-refractivity contribution < 1.29 is 14.6 Å². The zero-order valence-corrected chi connectivity index (χ0v) is 16.7. The first-order valence-electron chi connectivity index (χ1n) is 9.29. The number of aryl methyl sites for hydroxylation is 2. The molecule has 0 saturated heterocycles. The molecule has 4 aromatic rings. The fourth-order valence-electron chi connectivity index (χ4n) is 3.31. The highest BCUT2D eigenvalue weighted by atomic mass is 16.5. The van der Waals surface area contributed by atoms with Crippen molar-refractivity contribution in [3.8, 4) is 17.0 Å². The average molecular weight is 402 g/mol. The number of nitrogens with zero attached hydrogens (tertiary/aromatic N) is 3. The second kappa shape index (κ2) is 9.47. The van der Waals surface area contributed by atoms with Crippen molar-refractivity contribution in [3.63, 3.8) is 0 Å². The lowest BCUT2D eigenvalue weighted by Crippen LogP contribution is -2.06. The maximum absolute atomic E-state index is 8.36. The summed E-state index contributed by atoms with van der Waals surface area (Å²) in [4.78, 5) is 21.5. The Morgan fingerprint density at radius 2 is 1.67 bits per heavy atom. The summed E-state index contributed by atoms with van der Waals surface area (Å²) in [5.74, 6) is 0.655. The molecule has 0 amide bonds. The maximum Gasteiger partial charge on any atom is 0.290 e. The fraction of sp³-hybridized carbons (Fsp3) is 0.130. The van der Waals surface area contributed by atoms with Crippen LogP contribution >= 0.6 is 0 Å². The van der Waals surface area contributed by atoms with E-state index < -0.39 is 0 Å². The summed E-state index contributed by atoms with van der Waals surface area (Å²) in [6, 6.07) is 20.2. The molecule has 2 aromatic carbocycles. The van der Waals surface area contributed by atoms with Gasteiger partial charge in [-0.1, -0.05) is 48.5 Å². The van der Waals surface area contributed by atoms with Crippen LogP contribution in [0.15, 0.2) is 60.7 Å². The van der Waals surface area contributed by atoms with Gasteiger partial charge < -0.3 is 15.6 Å². The first kappa shape index (κ1) is 20.7. The highest BCUT2D eigenvalue weighted by Crippen LogP contribution is 2.32. The van der Waals surface area contributed by atoms with Crippen LogP contribution in [-0.4, -0.2) is 26.5 Å². The quantitative estimate of drug-likeness (QED) is 0.493. The second-order valence-corrected chi connectivity index (χ2v) is 6.54. The van der Waals surface area contributed by atoms with Crippen molar-refractivity contribution in [1.82, 2.24) is 15.0 Å². The molecule has 4 rings (SSSR count). The lowest BCUT2D eigenvalue weighted by atomic mass is 9.95. The number of carboxylic acid groups (broad SMARTS) is 1. The standard InChI is InChI=1S/C22H20N4O.CH2O2/c1-14-12-20(26-22(23)24-14)27-13-19-21(16-8-4-3-5-9-16)15(2)17-10-6-7-11-18(17)25-19;2-1-3/h3-12H,13H2,1-2H3,(H2,23,24,26);1H,(H,2,3). The minimum absolute atomic E-state index is 0.205. The number of pyridine rings is 1. The molecule has 0 aliphatic rings. The topological polar surface area (TPSA) is 111 Å². The number of para-hydroxylation sites is 1. The molecule has 0 spiro atoms. The van der Waals surface area contributed by atoms with Gasteiger partial charge in [-0.3, -0.25) is 4.79 Å². The number of hydrogen-bond donors (Lipinski definition) is 2. The summed E-state index contributed by atoms with van der Waals surface area (Å²) in [5, 5.41) is 8.03. The van der Waals surface area contributed by atoms with Crippen LogP contribution < -0.4 is 10.5 Å². The van der Waals surface area contributed by atoms with Gasteiger partial charge in [0, 0.05) is 22.7 Å². The third-order valence-corrected chi connectivity index (χ3v) is 4.49. The number of carbonyl (C=O) groups is 1. The van der Waals surface area contributed by atoms with E-state index in [1.54, 1.807) is 6.07 Å². The van der Waals surface area contributed by atoms with Crippen molar-refractivity contribution in [2.24, 2.45) is 0 Å². The summed E-state index contributed by atoms with van der Waals surface area (Å²) in [6.45, 7) is 4.03. The molecule has 0 radical (unpaired) electrons. The van der Waals surface area contributed by atoms with E-state index in [1.165, 1.54) is 5.56 Å². The lowest BCUT2D eigenvalue weighted by molar-refractivity contribution is -0.122. The van der Waals surface area contributed by atoms with Crippen LogP contribution in [0, 0.1) is 13.8 Å². The van der Waals surface area contributed by atoms with E-state index in [1.807, 2.05) is 43.3 Å². The van der Waals surface area contributed by atoms with Gasteiger partial charge in [0.05, 0.1) is 11.2 Å². The van der Waals surface area contributed by atoms with Gasteiger partial charge in [-0.05, 0) is 31.0 Å². The predicted molar refractivity (Wildman–Crippen MR) is 116 cm³/mol. The molecule has 152 valence electrons. The molecule has 30 heavy (non-hydrogen) atoms. The minimum atomic E-state index is -0.250. The third kappa shape index (κ3) is 4.70. The number of fused-ring (bicyclic) bond motifs is 1. The smallest absolute Gasteiger partial charge is 0.290 e. The number of nitrogen functional groups attached to an aromatic ring is 1. The molecule has 0 bridgehead atoms. The Balaban J connectivity index is 0.000000806. The number of nitrogens with two attached hydrogens (primary N) is 1. The molecule has 7 nitrogen and oxygen atoms in total. The Labute approximate surface area is 174 Å². The van der Waals surface area contributed by atoms with E-state index in [4.69, 9.17) is 25.4 Å². The minimum Gasteiger partial charge on any atom is -0.483 e. The molecule has 2 aromatic heterocycles. The first-order valence-corrected chi connectivity index (χ1v) is 9.29. The zero-order chi connectivity index (χ0) is 21.5. The third-order valence-electron chi connectivity index (χ3n) is 4.49. The Hall–Kier alpha value is -4.00. The number of hydrogen-bond acceptors (Lipinski definition) is 6. The van der Waals surface area contributed by atoms with Crippen LogP contribution in [0.25, 0.3) is 22.0 Å². The highest BCUT2D eigenvalue weighted by molar-refractivity contribution is 5.89. The predicted octanol–water partition coefficient (Wildman–Crippen LogP) is 4.17. The van der Waals surface area contributed by atoms with Crippen LogP contribution in [0.5, 0.6) is 5.88 Å². The van der Waals surface area contributed by atoms with Crippen LogP contribution in [0.3, 0.4) is 0 Å². The molecule has 0 saturated carbocycles. The molecule has 0 aliphatic carbocycles. The number of anilines is 1. The first-order chi connectivity index (χ1) is 14.5. The summed E-state index contributed by atoms with van der Waals surface area (Å²) in [5.41, 5.74) is 11.7. The molecule has 0 aliphatic heterocycles. The summed E-state index contributed by atoms with van der Waals surface area (Å²) in [7, 11) is 0. The molecule has 3 N–H and O–H groups in total. The Morgan fingerprint density at radius 3 is 2.37 bits per heavy atom. The van der Waals surface area contributed by atoms with Gasteiger partial charge in [0.2, 0.25) is 11.8 Å². The van der Waals surface area contributed by atoms with Crippen molar-refractivity contribution in [1.29, 1.82) is 0 Å². The maximum atomic E-state index is 8.36. The molecule has 0 fully saturated rings. The van der Waals surface area contributed by atoms with Gasteiger partial charge in [-0.25, -0.2) is 9.97 Å². The van der Waals surface area contributed by atoms with Crippen LogP contribution in [0.1, 0.15) is 17.0 Å². The molecule has 0 unspecified atom stereocenters. The lowest BCUT2D eigenvalue weighted by Gasteiger charge is -2.16. The number of rotatable bonds is 4. The highest BCUT2D eigenvalue weighted by Gasteiger charge is 2.15. The van der Waals surface area contributed by atoms with Crippen molar-refractivity contribution in [3.05, 3.63) is 77.6 Å². The molecular formula is C23H22N4O3. The zero-order valence-electron chi connectivity index (χ0n) is 16.7. The molecule has 7 heteroatoms. The average Bonchev–Trinajstić information content (AvgIpc) is 2.73. The second-order valence-electron chi connectivity index (χ2n) is 6.54. The van der Waals surface area contributed by atoms with E-state index >= 15 is 0 Å². The van der Waals surface area contributed by atoms with Crippen LogP contribution in [-0.2, 0) is 11.4 Å². The number of aromatic nitrogens is 3. The summed E-state index contributed by atoms with van der Waals surface area (Å²) in [6.07, 6.45) is 0. The van der Waals surface area contributed by atoms with Crippen LogP contribution in [0.4, 0.5) is 5.95 Å². The van der Waals surface area contributed by atoms with Gasteiger partial charge >= 0.3 is 0 Å². The normalized spacial score (nSPS) is 10.2. The largest absolute Gasteiger partial charge is 0.483 e. The number of benzene rings is 2. The van der Waals surface area contributed by atoms with Crippen LogP contribution in [0.2, 0.25) is 0 Å². The van der Waals surface area contributed by atoms with Gasteiger partial charge in [0.15, 0.2) is 0 Å². The molecule has 2 heterocycles. The SMILES string of the molecule is Cc1cc(OCc2nc3ccccc3c(C)c2-c2ccccc2)nc(N)n1.O=CO. The summed E-state index contributed by atoms with van der Waals surface area (Å²) >= 11 is 0. The Morgan fingerprint density at radius 1 is 1.00 bits per heavy atom. The molecule has 0 atom stereocenters. The van der Waals surface area contributed by atoms with E-state index in [2.05, 4.69) is 35.1 Å². The van der Waals surface area contributed by atoms with Gasteiger partial charge in [0.1, 0.15) is 6.61 Å². The van der Waals surface area contributed by atoms with E-state index in [-0.39, 0.29) is 12.4 Å². The monoisotopic (exact) mass is 402 g/mol. The Bertz CT molecular complexity index is 1140. The van der Waals surface area contributed by atoms with Gasteiger partial charge in [0.25, 0.3) is 6.47 Å².